The van der Waals surface area contributed by atoms with Crippen LogP contribution in [-0.4, -0.2) is 52.9 Å². The van der Waals surface area contributed by atoms with E-state index in [0.29, 0.717) is 6.54 Å². The van der Waals surface area contributed by atoms with Crippen molar-refractivity contribution in [2.24, 2.45) is 0 Å². The number of nitrogens with one attached hydrogen (secondary N) is 1. The minimum absolute atomic E-state index is 0.292. The Kier molecular flexibility index (Phi) is 4.19. The van der Waals surface area contributed by atoms with Crippen molar-refractivity contribution >= 4 is 5.69 Å². The summed E-state index contributed by atoms with van der Waals surface area (Å²) in [6.45, 7) is 2.10. The van der Waals surface area contributed by atoms with Crippen LogP contribution in [0.25, 0.3) is 0 Å². The summed E-state index contributed by atoms with van der Waals surface area (Å²) in [5.41, 5.74) is 2.10. The van der Waals surface area contributed by atoms with Crippen LogP contribution in [-0.2, 0) is 4.74 Å². The maximum absolute atomic E-state index is 9.76. The molecule has 0 bridgehead atoms. The number of anilines is 1. The first kappa shape index (κ1) is 13.3. The minimum Gasteiger partial charge on any atom is -0.394 e. The number of rotatable bonds is 4. The van der Waals surface area contributed by atoms with Gasteiger partial charge in [0.1, 0.15) is 24.4 Å². The fraction of sp³-hybridized carbons (Fsp3) is 0.538. The summed E-state index contributed by atoms with van der Waals surface area (Å²) < 4.78 is 5.37. The van der Waals surface area contributed by atoms with E-state index in [4.69, 9.17) is 9.84 Å². The van der Waals surface area contributed by atoms with Crippen LogP contribution in [0.1, 0.15) is 5.56 Å². The van der Waals surface area contributed by atoms with Crippen molar-refractivity contribution in [3.8, 4) is 0 Å². The monoisotopic (exact) mass is 253 g/mol. The van der Waals surface area contributed by atoms with Crippen LogP contribution >= 0.6 is 0 Å². The zero-order chi connectivity index (χ0) is 13.1. The molecule has 1 aromatic carbocycles. The van der Waals surface area contributed by atoms with Crippen molar-refractivity contribution in [2.75, 3.05) is 18.5 Å². The molecule has 0 saturated carbocycles. The number of hydrogen-bond acceptors (Lipinski definition) is 5. The Bertz CT molecular complexity index is 381. The fourth-order valence-electron chi connectivity index (χ4n) is 2.04. The van der Waals surface area contributed by atoms with Gasteiger partial charge in [0.15, 0.2) is 0 Å². The Labute approximate surface area is 106 Å². The van der Waals surface area contributed by atoms with Crippen molar-refractivity contribution in [2.45, 2.75) is 31.3 Å². The quantitative estimate of drug-likeness (QED) is 0.602. The Morgan fingerprint density at radius 2 is 1.72 bits per heavy atom. The summed E-state index contributed by atoms with van der Waals surface area (Å²) in [6.07, 6.45) is -3.22. The zero-order valence-corrected chi connectivity index (χ0v) is 10.3. The van der Waals surface area contributed by atoms with E-state index in [0.717, 1.165) is 5.69 Å². The van der Waals surface area contributed by atoms with E-state index in [1.165, 1.54) is 5.56 Å². The smallest absolute Gasteiger partial charge is 0.111 e. The van der Waals surface area contributed by atoms with Crippen LogP contribution in [0.2, 0.25) is 0 Å². The zero-order valence-electron chi connectivity index (χ0n) is 10.3. The predicted molar refractivity (Wildman–Crippen MR) is 67.4 cm³/mol. The average molecular weight is 253 g/mol. The van der Waals surface area contributed by atoms with Crippen LogP contribution in [0.5, 0.6) is 0 Å². The van der Waals surface area contributed by atoms with Gasteiger partial charge in [0.05, 0.1) is 6.61 Å². The first-order chi connectivity index (χ1) is 8.61. The lowest BCUT2D eigenvalue weighted by molar-refractivity contribution is -0.0184. The molecular formula is C13H19NO4. The molecular weight excluding hydrogens is 234 g/mol. The molecule has 18 heavy (non-hydrogen) atoms. The lowest BCUT2D eigenvalue weighted by Gasteiger charge is -2.16. The Balaban J connectivity index is 1.89. The number of ether oxygens (including phenoxy) is 1. The summed E-state index contributed by atoms with van der Waals surface area (Å²) >= 11 is 0. The molecule has 5 heteroatoms. The standard InChI is InChI=1S/C13H19NO4/c1-8-2-4-9(5-3-8)14-6-10-12(16)13(17)11(7-15)18-10/h2-5,10-17H,6-7H2,1H3/t10-,11+,12+,13-/m0/s1. The summed E-state index contributed by atoms with van der Waals surface area (Å²) in [6, 6.07) is 7.85. The van der Waals surface area contributed by atoms with Gasteiger partial charge in [-0.2, -0.15) is 0 Å². The van der Waals surface area contributed by atoms with Gasteiger partial charge in [-0.25, -0.2) is 0 Å². The molecule has 0 amide bonds. The highest BCUT2D eigenvalue weighted by Gasteiger charge is 2.41. The largest absolute Gasteiger partial charge is 0.394 e. The Morgan fingerprint density at radius 1 is 1.11 bits per heavy atom. The van der Waals surface area contributed by atoms with E-state index in [1.54, 1.807) is 0 Å². The van der Waals surface area contributed by atoms with Crippen LogP contribution < -0.4 is 5.32 Å². The number of aryl methyl sites for hydroxylation is 1. The molecule has 1 fully saturated rings. The summed E-state index contributed by atoms with van der Waals surface area (Å²) in [7, 11) is 0. The van der Waals surface area contributed by atoms with E-state index in [1.807, 2.05) is 31.2 Å². The minimum atomic E-state index is -1.03. The van der Waals surface area contributed by atoms with Crippen molar-refractivity contribution in [1.29, 1.82) is 0 Å². The second-order valence-corrected chi connectivity index (χ2v) is 4.62. The van der Waals surface area contributed by atoms with Gasteiger partial charge in [0.25, 0.3) is 0 Å². The molecule has 5 nitrogen and oxygen atoms in total. The number of benzene rings is 1. The molecule has 100 valence electrons. The van der Waals surface area contributed by atoms with Gasteiger partial charge in [0, 0.05) is 12.2 Å². The molecule has 0 aliphatic carbocycles. The lowest BCUT2D eigenvalue weighted by Crippen LogP contribution is -2.36. The molecule has 1 aliphatic rings. The Morgan fingerprint density at radius 3 is 2.28 bits per heavy atom. The van der Waals surface area contributed by atoms with Crippen molar-refractivity contribution in [3.05, 3.63) is 29.8 Å². The predicted octanol–water partition coefficient (Wildman–Crippen LogP) is -0.112. The molecule has 0 radical (unpaired) electrons. The van der Waals surface area contributed by atoms with Gasteiger partial charge < -0.3 is 25.4 Å². The van der Waals surface area contributed by atoms with Crippen molar-refractivity contribution in [3.63, 3.8) is 0 Å². The third-order valence-corrected chi connectivity index (χ3v) is 3.20. The molecule has 0 unspecified atom stereocenters. The van der Waals surface area contributed by atoms with Gasteiger partial charge in [-0.1, -0.05) is 17.7 Å². The van der Waals surface area contributed by atoms with Crippen LogP contribution in [0.15, 0.2) is 24.3 Å². The molecule has 1 aliphatic heterocycles. The fourth-order valence-corrected chi connectivity index (χ4v) is 2.04. The molecule has 0 spiro atoms. The first-order valence-electron chi connectivity index (χ1n) is 6.05. The molecule has 1 aromatic rings. The molecule has 1 heterocycles. The van der Waals surface area contributed by atoms with Gasteiger partial charge in [0.2, 0.25) is 0 Å². The maximum atomic E-state index is 9.76. The third-order valence-electron chi connectivity index (χ3n) is 3.20. The highest BCUT2D eigenvalue weighted by atomic mass is 16.6. The Hall–Kier alpha value is -1.14. The molecule has 0 aromatic heterocycles. The van der Waals surface area contributed by atoms with E-state index in [9.17, 15) is 10.2 Å². The highest BCUT2D eigenvalue weighted by Crippen LogP contribution is 2.21. The molecule has 2 rings (SSSR count). The van der Waals surface area contributed by atoms with E-state index in [2.05, 4.69) is 5.32 Å². The van der Waals surface area contributed by atoms with Crippen LogP contribution in [0.3, 0.4) is 0 Å². The van der Waals surface area contributed by atoms with Gasteiger partial charge in [-0.3, -0.25) is 0 Å². The van der Waals surface area contributed by atoms with E-state index >= 15 is 0 Å². The van der Waals surface area contributed by atoms with Crippen LogP contribution in [0, 0.1) is 6.92 Å². The normalized spacial score (nSPS) is 31.6. The van der Waals surface area contributed by atoms with Gasteiger partial charge in [-0.15, -0.1) is 0 Å². The van der Waals surface area contributed by atoms with E-state index in [-0.39, 0.29) is 6.61 Å². The van der Waals surface area contributed by atoms with Crippen LogP contribution in [0.4, 0.5) is 5.69 Å². The summed E-state index contributed by atoms with van der Waals surface area (Å²) in [4.78, 5) is 0. The first-order valence-corrected chi connectivity index (χ1v) is 6.05. The third kappa shape index (κ3) is 2.81. The molecule has 4 N–H and O–H groups in total. The van der Waals surface area contributed by atoms with E-state index < -0.39 is 24.4 Å². The highest BCUT2D eigenvalue weighted by molar-refractivity contribution is 5.44. The molecule has 4 atom stereocenters. The summed E-state index contributed by atoms with van der Waals surface area (Å²) in [5.74, 6) is 0. The molecule has 1 saturated heterocycles. The van der Waals surface area contributed by atoms with Crippen molar-refractivity contribution < 1.29 is 20.1 Å². The average Bonchev–Trinajstić information content (AvgIpc) is 2.65. The second kappa shape index (κ2) is 5.67. The van der Waals surface area contributed by atoms with Crippen molar-refractivity contribution in [1.82, 2.24) is 0 Å². The van der Waals surface area contributed by atoms with Gasteiger partial charge >= 0.3 is 0 Å². The topological polar surface area (TPSA) is 82.0 Å². The number of aliphatic hydroxyl groups excluding tert-OH is 3. The lowest BCUT2D eigenvalue weighted by atomic mass is 10.1. The second-order valence-electron chi connectivity index (χ2n) is 4.62. The number of aliphatic hydroxyl groups is 3. The SMILES string of the molecule is Cc1ccc(NC[C@@H]2O[C@H](CO)[C@H](O)[C@@H]2O)cc1. The number of hydrogen-bond donors (Lipinski definition) is 4. The van der Waals surface area contributed by atoms with Gasteiger partial charge in [-0.05, 0) is 19.1 Å². The maximum Gasteiger partial charge on any atom is 0.111 e. The summed E-state index contributed by atoms with van der Waals surface area (Å²) in [5, 5.41) is 31.5.